The minimum Gasteiger partial charge on any atom is -0.425 e. The van der Waals surface area contributed by atoms with Crippen molar-refractivity contribution in [2.45, 2.75) is 13.8 Å². The van der Waals surface area contributed by atoms with E-state index in [1.807, 2.05) is 72.8 Å². The first-order valence-electron chi connectivity index (χ1n) is 8.95. The van der Waals surface area contributed by atoms with Gasteiger partial charge in [0.05, 0.1) is 0 Å². The number of carbonyl (C=O) groups excluding carboxylic acids is 2. The minimum atomic E-state index is -0.532. The first-order chi connectivity index (χ1) is 14.2. The first kappa shape index (κ1) is 48.4. The Bertz CT molecular complexity index is 518. The van der Waals surface area contributed by atoms with Crippen LogP contribution in [-0.4, -0.2) is 32.8 Å². The van der Waals surface area contributed by atoms with E-state index in [1.54, 1.807) is 13.8 Å². The van der Waals surface area contributed by atoms with E-state index in [0.717, 1.165) is 0 Å². The maximum absolute atomic E-state index is 10.7. The van der Waals surface area contributed by atoms with Crippen molar-refractivity contribution < 1.29 is 56.2 Å². The van der Waals surface area contributed by atoms with E-state index >= 15 is 0 Å². The number of hydrogen-bond acceptors (Lipinski definition) is 6. The first-order valence-corrected chi connectivity index (χ1v) is 8.95. The average molecular weight is 534 g/mol. The molecule has 2 aromatic carbocycles. The van der Waals surface area contributed by atoms with Crippen LogP contribution in [0.1, 0.15) is 13.8 Å². The quantitative estimate of drug-likeness (QED) is 0.257. The van der Waals surface area contributed by atoms with Crippen LogP contribution in [0.3, 0.4) is 0 Å². The van der Waals surface area contributed by atoms with E-state index < -0.39 is 11.9 Å². The van der Waals surface area contributed by atoms with Crippen molar-refractivity contribution in [3.63, 3.8) is 0 Å². The van der Waals surface area contributed by atoms with Gasteiger partial charge >= 0.3 is 11.9 Å². The van der Waals surface area contributed by atoms with Gasteiger partial charge in [0.25, 0.3) is 0 Å². The fraction of sp³-hybridized carbons (Fsp3) is 0.200. The van der Waals surface area contributed by atoms with Crippen molar-refractivity contribution in [1.82, 2.24) is 0 Å². The van der Waals surface area contributed by atoms with Gasteiger partial charge in [-0.2, -0.15) is 0 Å². The minimum absolute atomic E-state index is 0. The number of nitrogens with two attached hydrogens (primary N) is 2. The molecular formula is C25H40N2O4V2-2. The molecule has 0 aromatic heterocycles. The van der Waals surface area contributed by atoms with Gasteiger partial charge < -0.3 is 35.8 Å². The molecule has 6 nitrogen and oxygen atoms in total. The Balaban J connectivity index is -0.0000000577. The molecule has 0 aliphatic heterocycles. The third kappa shape index (κ3) is 48.6. The molecule has 33 heavy (non-hydrogen) atoms. The Labute approximate surface area is 225 Å². The molecule has 186 valence electrons. The maximum Gasteiger partial charge on any atom is 0.333 e. The topological polar surface area (TPSA) is 105 Å². The number of allylic oxidation sites excluding steroid dienone is 2. The Morgan fingerprint density at radius 2 is 0.758 bits per heavy atom. The standard InChI is InChI=1S/C9H12O4.2C6H6.2CH5N.2CH3.2V/c1-3-5-8(10)12-7-13-9(11)6-4-2;2*1-2-4-6-5-3-1;2*1-2;;;;/h3-6H,7H2,1-2H3;2*1-6H;2*2H2,1H3;2*1H3;;/q;;;;;2*-1;;. The average Bonchev–Trinajstić information content (AvgIpc) is 2.80. The smallest absolute Gasteiger partial charge is 0.333 e. The van der Waals surface area contributed by atoms with E-state index in [1.165, 1.54) is 38.4 Å². The van der Waals surface area contributed by atoms with Crippen LogP contribution < -0.4 is 11.5 Å². The maximum atomic E-state index is 10.7. The summed E-state index contributed by atoms with van der Waals surface area (Å²) < 4.78 is 8.99. The summed E-state index contributed by atoms with van der Waals surface area (Å²) in [6.07, 6.45) is 5.55. The fourth-order valence-electron chi connectivity index (χ4n) is 1.28. The number of benzene rings is 2. The van der Waals surface area contributed by atoms with Crippen molar-refractivity contribution in [2.75, 3.05) is 20.9 Å². The fourth-order valence-corrected chi connectivity index (χ4v) is 1.28. The van der Waals surface area contributed by atoms with Crippen molar-refractivity contribution in [3.8, 4) is 0 Å². The Morgan fingerprint density at radius 3 is 0.909 bits per heavy atom. The molecule has 4 N–H and O–H groups in total. The zero-order valence-electron chi connectivity index (χ0n) is 20.6. The molecule has 0 saturated carbocycles. The zero-order chi connectivity index (χ0) is 22.6. The number of hydrogen-bond donors (Lipinski definition) is 2. The molecule has 0 spiro atoms. The predicted octanol–water partition coefficient (Wildman–Crippen LogP) is 4.60. The van der Waals surface area contributed by atoms with Gasteiger partial charge in [0.15, 0.2) is 0 Å². The molecule has 0 saturated heterocycles. The number of esters is 2. The Morgan fingerprint density at radius 1 is 0.576 bits per heavy atom. The summed E-state index contributed by atoms with van der Waals surface area (Å²) in [5.74, 6) is -1.06. The molecule has 0 unspecified atom stereocenters. The Hall–Kier alpha value is -2.05. The van der Waals surface area contributed by atoms with Crippen LogP contribution in [0, 0.1) is 14.9 Å². The predicted molar refractivity (Wildman–Crippen MR) is 133 cm³/mol. The monoisotopic (exact) mass is 534 g/mol. The normalized spacial score (nSPS) is 7.45. The largest absolute Gasteiger partial charge is 0.425 e. The van der Waals surface area contributed by atoms with E-state index in [-0.39, 0.29) is 58.8 Å². The van der Waals surface area contributed by atoms with Crippen LogP contribution in [0.2, 0.25) is 0 Å². The van der Waals surface area contributed by atoms with Crippen molar-refractivity contribution in [1.29, 1.82) is 0 Å². The number of rotatable bonds is 4. The molecule has 8 heteroatoms. The van der Waals surface area contributed by atoms with Crippen LogP contribution in [0.15, 0.2) is 97.1 Å². The summed E-state index contributed by atoms with van der Waals surface area (Å²) in [5.41, 5.74) is 9.00. The summed E-state index contributed by atoms with van der Waals surface area (Å²) >= 11 is 0. The van der Waals surface area contributed by atoms with Crippen molar-refractivity contribution in [2.24, 2.45) is 11.5 Å². The van der Waals surface area contributed by atoms with E-state index in [9.17, 15) is 9.59 Å². The molecule has 0 atom stereocenters. The van der Waals surface area contributed by atoms with Gasteiger partial charge in [0.2, 0.25) is 6.79 Å². The molecule has 2 rings (SSSR count). The van der Waals surface area contributed by atoms with Gasteiger partial charge in [-0.1, -0.05) is 84.9 Å². The summed E-state index contributed by atoms with van der Waals surface area (Å²) in [7, 11) is 3.00. The molecule has 0 aliphatic carbocycles. The molecular weight excluding hydrogens is 494 g/mol. The van der Waals surface area contributed by atoms with E-state index in [4.69, 9.17) is 0 Å². The van der Waals surface area contributed by atoms with Crippen LogP contribution >= 0.6 is 0 Å². The SMILES string of the molecule is CC=CC(=O)OCOC(=O)C=CC.CN.CN.[CH3-].[CH3-].[V].[V].c1ccccc1.c1ccccc1. The third-order valence-corrected chi connectivity index (χ3v) is 2.34. The van der Waals surface area contributed by atoms with Crippen LogP contribution in [0.25, 0.3) is 0 Å². The summed E-state index contributed by atoms with van der Waals surface area (Å²) in [4.78, 5) is 21.3. The van der Waals surface area contributed by atoms with Crippen LogP contribution in [0.5, 0.6) is 0 Å². The van der Waals surface area contributed by atoms with Gasteiger partial charge in [0, 0.05) is 49.3 Å². The van der Waals surface area contributed by atoms with Gasteiger partial charge in [-0.05, 0) is 27.9 Å². The van der Waals surface area contributed by atoms with Crippen LogP contribution in [-0.2, 0) is 56.2 Å². The number of ether oxygens (including phenoxy) is 2. The van der Waals surface area contributed by atoms with Gasteiger partial charge in [0.1, 0.15) is 0 Å². The van der Waals surface area contributed by atoms with Crippen LogP contribution in [0.4, 0.5) is 0 Å². The third-order valence-electron chi connectivity index (χ3n) is 2.34. The summed E-state index contributed by atoms with van der Waals surface area (Å²) in [6, 6.07) is 24.0. The molecule has 0 heterocycles. The summed E-state index contributed by atoms with van der Waals surface area (Å²) in [5, 5.41) is 0. The molecule has 0 bridgehead atoms. The second kappa shape index (κ2) is 47.7. The summed E-state index contributed by atoms with van der Waals surface area (Å²) in [6.45, 7) is 3.02. The van der Waals surface area contributed by atoms with Crippen molar-refractivity contribution in [3.05, 3.63) is 112 Å². The van der Waals surface area contributed by atoms with E-state index in [2.05, 4.69) is 20.9 Å². The Kier molecular flexibility index (Phi) is 69.9. The zero-order valence-corrected chi connectivity index (χ0v) is 23.4. The molecule has 0 fully saturated rings. The second-order valence-electron chi connectivity index (χ2n) is 4.35. The molecule has 0 aliphatic rings. The van der Waals surface area contributed by atoms with Gasteiger partial charge in [-0.3, -0.25) is 0 Å². The van der Waals surface area contributed by atoms with Crippen molar-refractivity contribution >= 4 is 11.9 Å². The van der Waals surface area contributed by atoms with Gasteiger partial charge in [-0.15, -0.1) is 0 Å². The number of carbonyl (C=O) groups is 2. The molecule has 0 amide bonds. The molecule has 2 aromatic rings. The van der Waals surface area contributed by atoms with E-state index in [0.29, 0.717) is 0 Å². The second-order valence-corrected chi connectivity index (χ2v) is 4.35. The molecule has 2 radical (unpaired) electrons. The van der Waals surface area contributed by atoms with Gasteiger partial charge in [-0.25, -0.2) is 9.59 Å².